The highest BCUT2D eigenvalue weighted by Crippen LogP contribution is 2.29. The molecule has 7 nitrogen and oxygen atoms in total. The van der Waals surface area contributed by atoms with Crippen molar-refractivity contribution in [1.82, 2.24) is 19.7 Å². The molecule has 1 amide bonds. The Morgan fingerprint density at radius 2 is 2.07 bits per heavy atom. The second-order valence-corrected chi connectivity index (χ2v) is 7.08. The van der Waals surface area contributed by atoms with Crippen LogP contribution in [0.25, 0.3) is 22.6 Å². The molecule has 2 aromatic heterocycles. The van der Waals surface area contributed by atoms with Gasteiger partial charge in [-0.2, -0.15) is 0 Å². The van der Waals surface area contributed by atoms with Gasteiger partial charge in [0.2, 0.25) is 11.7 Å². The Bertz CT molecular complexity index is 926. The van der Waals surface area contributed by atoms with E-state index in [1.54, 1.807) is 6.08 Å². The van der Waals surface area contributed by atoms with E-state index in [9.17, 15) is 4.79 Å². The first-order valence-corrected chi connectivity index (χ1v) is 9.76. The monoisotopic (exact) mass is 384 g/mol. The molecule has 0 unspecified atom stereocenters. The van der Waals surface area contributed by atoms with Crippen LogP contribution in [-0.4, -0.2) is 57.6 Å². The summed E-state index contributed by atoms with van der Waals surface area (Å²) in [5, 5.41) is 10.3. The fourth-order valence-corrected chi connectivity index (χ4v) is 3.84. The zero-order chi connectivity index (χ0) is 18.6. The summed E-state index contributed by atoms with van der Waals surface area (Å²) >= 11 is 1.38. The van der Waals surface area contributed by atoms with Crippen molar-refractivity contribution >= 4 is 28.6 Å². The van der Waals surface area contributed by atoms with Gasteiger partial charge in [-0.3, -0.25) is 9.36 Å². The molecular weight excluding hydrogens is 364 g/mol. The number of amides is 1. The molecule has 0 atom stereocenters. The van der Waals surface area contributed by atoms with E-state index < -0.39 is 0 Å². The summed E-state index contributed by atoms with van der Waals surface area (Å²) in [6.07, 6.45) is 1.78. The Labute approximate surface area is 161 Å². The highest BCUT2D eigenvalue weighted by molar-refractivity contribution is 7.99. The minimum absolute atomic E-state index is 0.0849. The lowest BCUT2D eigenvalue weighted by atomic mass is 10.2. The lowest BCUT2D eigenvalue weighted by molar-refractivity contribution is -0.132. The second kappa shape index (κ2) is 7.98. The number of hydrogen-bond donors (Lipinski definition) is 0. The number of carbonyl (C=O) groups excluding carboxylic acids is 1. The van der Waals surface area contributed by atoms with Gasteiger partial charge in [0.25, 0.3) is 0 Å². The van der Waals surface area contributed by atoms with Gasteiger partial charge in [-0.15, -0.1) is 16.8 Å². The van der Waals surface area contributed by atoms with Crippen LogP contribution in [-0.2, 0) is 16.1 Å². The number of ether oxygens (including phenoxy) is 1. The predicted molar refractivity (Wildman–Crippen MR) is 104 cm³/mol. The number of benzene rings is 1. The third-order valence-electron chi connectivity index (χ3n) is 4.36. The summed E-state index contributed by atoms with van der Waals surface area (Å²) in [4.78, 5) is 14.2. The van der Waals surface area contributed by atoms with Crippen molar-refractivity contribution in [3.8, 4) is 11.6 Å². The molecule has 1 aliphatic rings. The number of rotatable bonds is 6. The zero-order valence-corrected chi connectivity index (χ0v) is 15.7. The van der Waals surface area contributed by atoms with Crippen molar-refractivity contribution in [1.29, 1.82) is 0 Å². The van der Waals surface area contributed by atoms with Crippen LogP contribution in [0.2, 0.25) is 0 Å². The van der Waals surface area contributed by atoms with E-state index in [1.807, 2.05) is 39.8 Å². The molecule has 140 valence electrons. The van der Waals surface area contributed by atoms with Gasteiger partial charge in [0.05, 0.1) is 19.0 Å². The molecule has 1 fully saturated rings. The van der Waals surface area contributed by atoms with E-state index in [4.69, 9.17) is 9.15 Å². The Hall–Kier alpha value is -2.58. The minimum Gasteiger partial charge on any atom is -0.453 e. The molecule has 3 aromatic rings. The van der Waals surface area contributed by atoms with Crippen molar-refractivity contribution in [2.75, 3.05) is 32.1 Å². The molecular formula is C19H20N4O3S. The summed E-state index contributed by atoms with van der Waals surface area (Å²) in [5.41, 5.74) is 0.803. The largest absolute Gasteiger partial charge is 0.453 e. The van der Waals surface area contributed by atoms with Gasteiger partial charge in [0, 0.05) is 25.0 Å². The van der Waals surface area contributed by atoms with Crippen LogP contribution in [0, 0.1) is 0 Å². The van der Waals surface area contributed by atoms with Gasteiger partial charge < -0.3 is 14.1 Å². The SMILES string of the molecule is C=CCn1c(SCC(=O)N2CCOCC2)nnc1-c1cc2ccccc2o1. The van der Waals surface area contributed by atoms with Crippen molar-refractivity contribution < 1.29 is 13.9 Å². The molecule has 0 saturated carbocycles. The molecule has 1 aliphatic heterocycles. The average Bonchev–Trinajstić information content (AvgIpc) is 3.31. The number of carbonyl (C=O) groups is 1. The van der Waals surface area contributed by atoms with Crippen molar-refractivity contribution in [2.24, 2.45) is 0 Å². The Kier molecular flexibility index (Phi) is 5.26. The molecule has 0 bridgehead atoms. The van der Waals surface area contributed by atoms with Gasteiger partial charge in [-0.05, 0) is 12.1 Å². The Morgan fingerprint density at radius 1 is 1.26 bits per heavy atom. The number of hydrogen-bond acceptors (Lipinski definition) is 6. The standard InChI is InChI=1S/C19H20N4O3S/c1-2-7-23-18(16-12-14-5-3-4-6-15(14)26-16)20-21-19(23)27-13-17(24)22-8-10-25-11-9-22/h2-6,12H,1,7-11,13H2. The maximum atomic E-state index is 12.4. The molecule has 1 saturated heterocycles. The van der Waals surface area contributed by atoms with Crippen LogP contribution < -0.4 is 0 Å². The number of fused-ring (bicyclic) bond motifs is 1. The second-order valence-electron chi connectivity index (χ2n) is 6.14. The highest BCUT2D eigenvalue weighted by Gasteiger charge is 2.21. The molecule has 4 rings (SSSR count). The third-order valence-corrected chi connectivity index (χ3v) is 5.31. The number of allylic oxidation sites excluding steroid dienone is 1. The van der Waals surface area contributed by atoms with Crippen molar-refractivity contribution in [2.45, 2.75) is 11.7 Å². The summed E-state index contributed by atoms with van der Waals surface area (Å²) in [6, 6.07) is 9.76. The Balaban J connectivity index is 1.54. The number of furan rings is 1. The molecule has 3 heterocycles. The maximum absolute atomic E-state index is 12.4. The fourth-order valence-electron chi connectivity index (χ4n) is 2.99. The molecule has 0 radical (unpaired) electrons. The Morgan fingerprint density at radius 3 is 2.85 bits per heavy atom. The summed E-state index contributed by atoms with van der Waals surface area (Å²) < 4.78 is 13.1. The van der Waals surface area contributed by atoms with E-state index in [2.05, 4.69) is 16.8 Å². The average molecular weight is 384 g/mol. The number of nitrogens with zero attached hydrogens (tertiary/aromatic N) is 4. The summed E-state index contributed by atoms with van der Waals surface area (Å²) in [7, 11) is 0. The predicted octanol–water partition coefficient (Wildman–Crippen LogP) is 2.83. The summed E-state index contributed by atoms with van der Waals surface area (Å²) in [5.74, 6) is 1.68. The fraction of sp³-hybridized carbons (Fsp3) is 0.316. The number of para-hydroxylation sites is 1. The van der Waals surface area contributed by atoms with E-state index in [0.717, 1.165) is 11.0 Å². The van der Waals surface area contributed by atoms with Crippen molar-refractivity contribution in [3.63, 3.8) is 0 Å². The summed E-state index contributed by atoms with van der Waals surface area (Å²) in [6.45, 7) is 6.83. The maximum Gasteiger partial charge on any atom is 0.233 e. The van der Waals surface area contributed by atoms with E-state index in [0.29, 0.717) is 55.3 Å². The van der Waals surface area contributed by atoms with Crippen LogP contribution in [0.5, 0.6) is 0 Å². The van der Waals surface area contributed by atoms with Crippen LogP contribution in [0.15, 0.2) is 52.6 Å². The van der Waals surface area contributed by atoms with Gasteiger partial charge in [0.15, 0.2) is 10.9 Å². The van der Waals surface area contributed by atoms with Crippen LogP contribution in [0.4, 0.5) is 0 Å². The van der Waals surface area contributed by atoms with Gasteiger partial charge in [-0.25, -0.2) is 0 Å². The first kappa shape index (κ1) is 17.8. The minimum atomic E-state index is 0.0849. The van der Waals surface area contributed by atoms with Gasteiger partial charge in [0.1, 0.15) is 5.58 Å². The van der Waals surface area contributed by atoms with E-state index in [-0.39, 0.29) is 5.91 Å². The normalized spacial score (nSPS) is 14.6. The molecule has 0 N–H and O–H groups in total. The van der Waals surface area contributed by atoms with Crippen LogP contribution >= 0.6 is 11.8 Å². The van der Waals surface area contributed by atoms with Crippen molar-refractivity contribution in [3.05, 3.63) is 43.0 Å². The lowest BCUT2D eigenvalue weighted by Crippen LogP contribution is -2.41. The topological polar surface area (TPSA) is 73.4 Å². The van der Waals surface area contributed by atoms with E-state index >= 15 is 0 Å². The van der Waals surface area contributed by atoms with Crippen LogP contribution in [0.1, 0.15) is 0 Å². The first-order chi connectivity index (χ1) is 13.3. The van der Waals surface area contributed by atoms with Gasteiger partial charge in [-0.1, -0.05) is 36.0 Å². The number of aromatic nitrogens is 3. The molecule has 8 heteroatoms. The zero-order valence-electron chi connectivity index (χ0n) is 14.8. The third kappa shape index (κ3) is 3.77. The molecule has 0 spiro atoms. The number of thioether (sulfide) groups is 1. The highest BCUT2D eigenvalue weighted by atomic mass is 32.2. The smallest absolute Gasteiger partial charge is 0.233 e. The first-order valence-electron chi connectivity index (χ1n) is 8.77. The molecule has 27 heavy (non-hydrogen) atoms. The molecule has 1 aromatic carbocycles. The molecule has 0 aliphatic carbocycles. The number of morpholine rings is 1. The van der Waals surface area contributed by atoms with Crippen LogP contribution in [0.3, 0.4) is 0 Å². The quantitative estimate of drug-likeness (QED) is 0.481. The van der Waals surface area contributed by atoms with Gasteiger partial charge >= 0.3 is 0 Å². The lowest BCUT2D eigenvalue weighted by Gasteiger charge is -2.26. The van der Waals surface area contributed by atoms with E-state index in [1.165, 1.54) is 11.8 Å².